The van der Waals surface area contributed by atoms with Crippen molar-refractivity contribution in [3.8, 4) is 11.5 Å². The molecular weight excluding hydrogens is 479 g/mol. The lowest BCUT2D eigenvalue weighted by Crippen LogP contribution is -2.07. The Kier molecular flexibility index (Phi) is 6.25. The summed E-state index contributed by atoms with van der Waals surface area (Å²) in [6.07, 6.45) is 0. The first-order valence-electron chi connectivity index (χ1n) is 9.09. The van der Waals surface area contributed by atoms with Crippen LogP contribution in [-0.2, 0) is 16.4 Å². The molecule has 4 aromatic rings. The molecule has 1 N–H and O–H groups in total. The number of rotatable bonds is 6. The highest BCUT2D eigenvalue weighted by Gasteiger charge is 2.29. The van der Waals surface area contributed by atoms with Gasteiger partial charge >= 0.3 is 0 Å². The van der Waals surface area contributed by atoms with E-state index >= 15 is 0 Å². The van der Waals surface area contributed by atoms with Crippen molar-refractivity contribution in [2.45, 2.75) is 16.5 Å². The van der Waals surface area contributed by atoms with Crippen LogP contribution in [0.25, 0.3) is 11.5 Å². The van der Waals surface area contributed by atoms with Gasteiger partial charge in [-0.25, -0.2) is 8.42 Å². The fourth-order valence-corrected chi connectivity index (χ4v) is 4.78. The number of sulfone groups is 1. The number of nitrogens with zero attached hydrogens (tertiary/aromatic N) is 1. The fourth-order valence-electron chi connectivity index (χ4n) is 2.88. The summed E-state index contributed by atoms with van der Waals surface area (Å²) in [6, 6.07) is 20.1. The Labute approximate surface area is 194 Å². The molecule has 5 nitrogen and oxygen atoms in total. The highest BCUT2D eigenvalue weighted by Crippen LogP contribution is 2.36. The highest BCUT2D eigenvalue weighted by molar-refractivity contribution is 7.91. The molecule has 3 aromatic carbocycles. The maximum Gasteiger partial charge on any atom is 0.234 e. The third-order valence-electron chi connectivity index (χ3n) is 4.43. The molecule has 1 heterocycles. The van der Waals surface area contributed by atoms with E-state index in [2.05, 4.69) is 10.3 Å². The Morgan fingerprint density at radius 3 is 2.23 bits per heavy atom. The summed E-state index contributed by atoms with van der Waals surface area (Å²) in [6.45, 7) is 0.340. The lowest BCUT2D eigenvalue weighted by atomic mass is 10.2. The van der Waals surface area contributed by atoms with E-state index in [9.17, 15) is 8.42 Å². The molecule has 0 aliphatic heterocycles. The second-order valence-electron chi connectivity index (χ2n) is 6.57. The summed E-state index contributed by atoms with van der Waals surface area (Å²) in [7, 11) is -3.99. The molecule has 0 atom stereocenters. The Morgan fingerprint density at radius 2 is 1.55 bits per heavy atom. The van der Waals surface area contributed by atoms with Crippen LogP contribution in [0.15, 0.2) is 87.1 Å². The Morgan fingerprint density at radius 1 is 0.871 bits per heavy atom. The van der Waals surface area contributed by atoms with Gasteiger partial charge in [0.25, 0.3) is 0 Å². The van der Waals surface area contributed by atoms with Gasteiger partial charge in [0.05, 0.1) is 15.5 Å². The average molecular weight is 494 g/mol. The summed E-state index contributed by atoms with van der Waals surface area (Å²) >= 11 is 18.2. The van der Waals surface area contributed by atoms with Gasteiger partial charge in [0.15, 0.2) is 0 Å². The molecule has 0 unspecified atom stereocenters. The van der Waals surface area contributed by atoms with Gasteiger partial charge in [-0.1, -0.05) is 65.1 Å². The number of benzene rings is 3. The predicted molar refractivity (Wildman–Crippen MR) is 123 cm³/mol. The second kappa shape index (κ2) is 8.93. The van der Waals surface area contributed by atoms with Gasteiger partial charge in [0.1, 0.15) is 0 Å². The van der Waals surface area contributed by atoms with E-state index in [1.807, 2.05) is 30.3 Å². The van der Waals surface area contributed by atoms with Crippen molar-refractivity contribution in [1.29, 1.82) is 0 Å². The van der Waals surface area contributed by atoms with Crippen LogP contribution in [0, 0.1) is 0 Å². The number of nitrogens with one attached hydrogen (secondary N) is 1. The van der Waals surface area contributed by atoms with Gasteiger partial charge in [0.2, 0.25) is 26.6 Å². The van der Waals surface area contributed by atoms with Gasteiger partial charge in [-0.15, -0.1) is 0 Å². The molecule has 158 valence electrons. The molecule has 0 radical (unpaired) electrons. The number of halogens is 3. The second-order valence-corrected chi connectivity index (χ2v) is 9.72. The number of hydrogen-bond acceptors (Lipinski definition) is 5. The van der Waals surface area contributed by atoms with Crippen molar-refractivity contribution in [2.75, 3.05) is 5.32 Å². The zero-order chi connectivity index (χ0) is 22.0. The molecule has 9 heteroatoms. The van der Waals surface area contributed by atoms with Crippen molar-refractivity contribution in [1.82, 2.24) is 4.98 Å². The van der Waals surface area contributed by atoms with E-state index in [-0.39, 0.29) is 21.7 Å². The molecule has 0 spiro atoms. The fraction of sp³-hybridized carbons (Fsp3) is 0.0455. The van der Waals surface area contributed by atoms with E-state index in [0.29, 0.717) is 27.2 Å². The first-order valence-corrected chi connectivity index (χ1v) is 11.7. The molecule has 0 saturated carbocycles. The Bertz CT molecular complexity index is 1320. The smallest absolute Gasteiger partial charge is 0.234 e. The molecule has 0 fully saturated rings. The number of aromatic nitrogens is 1. The van der Waals surface area contributed by atoms with E-state index in [1.165, 1.54) is 30.3 Å². The minimum atomic E-state index is -3.99. The largest absolute Gasteiger partial charge is 0.419 e. The first kappa shape index (κ1) is 21.7. The van der Waals surface area contributed by atoms with Crippen LogP contribution in [-0.4, -0.2) is 13.4 Å². The number of oxazole rings is 1. The molecule has 0 saturated heterocycles. The van der Waals surface area contributed by atoms with Crippen molar-refractivity contribution >= 4 is 50.5 Å². The predicted octanol–water partition coefficient (Wildman–Crippen LogP) is 6.75. The van der Waals surface area contributed by atoms with Crippen LogP contribution >= 0.6 is 34.8 Å². The summed E-state index contributed by atoms with van der Waals surface area (Å²) in [5, 5.41) is 3.95. The first-order chi connectivity index (χ1) is 14.8. The number of anilines is 1. The van der Waals surface area contributed by atoms with Crippen molar-refractivity contribution in [2.24, 2.45) is 0 Å². The molecule has 0 amide bonds. The van der Waals surface area contributed by atoms with Crippen molar-refractivity contribution < 1.29 is 12.8 Å². The maximum absolute atomic E-state index is 13.3. The Balaban J connectivity index is 1.79. The summed E-state index contributed by atoms with van der Waals surface area (Å²) in [4.78, 5) is 4.32. The standard InChI is InChI=1S/C22H15Cl3N2O3S/c23-15-6-9-17(10-7-15)31(28,29)22-21(26-13-14-4-2-1-3-5-14)30-20(27-22)18-11-8-16(24)12-19(18)25/h1-12,26H,13H2. The third kappa shape index (κ3) is 4.72. The zero-order valence-corrected chi connectivity index (χ0v) is 18.9. The zero-order valence-electron chi connectivity index (χ0n) is 15.8. The van der Waals surface area contributed by atoms with Crippen LogP contribution in [0.4, 0.5) is 5.88 Å². The SMILES string of the molecule is O=S(=O)(c1ccc(Cl)cc1)c1nc(-c2ccc(Cl)cc2Cl)oc1NCc1ccccc1. The summed E-state index contributed by atoms with van der Waals surface area (Å²) in [5.41, 5.74) is 1.37. The molecule has 0 bridgehead atoms. The minimum Gasteiger partial charge on any atom is -0.419 e. The van der Waals surface area contributed by atoms with E-state index in [4.69, 9.17) is 39.2 Å². The molecular formula is C22H15Cl3N2O3S. The van der Waals surface area contributed by atoms with Gasteiger partial charge in [0, 0.05) is 16.6 Å². The van der Waals surface area contributed by atoms with Gasteiger partial charge in [-0.2, -0.15) is 4.98 Å². The van der Waals surface area contributed by atoms with Crippen LogP contribution in [0.2, 0.25) is 15.1 Å². The van der Waals surface area contributed by atoms with Crippen molar-refractivity contribution in [3.63, 3.8) is 0 Å². The third-order valence-corrected chi connectivity index (χ3v) is 6.91. The van der Waals surface area contributed by atoms with Crippen LogP contribution in [0.3, 0.4) is 0 Å². The number of hydrogen-bond donors (Lipinski definition) is 1. The summed E-state index contributed by atoms with van der Waals surface area (Å²) < 4.78 is 32.4. The molecule has 0 aliphatic rings. The summed E-state index contributed by atoms with van der Waals surface area (Å²) in [5.74, 6) is 0.0737. The average Bonchev–Trinajstić information content (AvgIpc) is 3.18. The van der Waals surface area contributed by atoms with Gasteiger partial charge < -0.3 is 9.73 Å². The van der Waals surface area contributed by atoms with Crippen LogP contribution < -0.4 is 5.32 Å². The quantitative estimate of drug-likeness (QED) is 0.322. The molecule has 4 rings (SSSR count). The van der Waals surface area contributed by atoms with E-state index in [1.54, 1.807) is 12.1 Å². The molecule has 1 aromatic heterocycles. The lowest BCUT2D eigenvalue weighted by molar-refractivity contribution is 0.577. The van der Waals surface area contributed by atoms with Crippen LogP contribution in [0.5, 0.6) is 0 Å². The maximum atomic E-state index is 13.3. The molecule has 31 heavy (non-hydrogen) atoms. The van der Waals surface area contributed by atoms with E-state index < -0.39 is 9.84 Å². The van der Waals surface area contributed by atoms with Gasteiger partial charge in [-0.05, 0) is 48.0 Å². The van der Waals surface area contributed by atoms with E-state index in [0.717, 1.165) is 5.56 Å². The lowest BCUT2D eigenvalue weighted by Gasteiger charge is -2.06. The normalized spacial score (nSPS) is 11.5. The topological polar surface area (TPSA) is 72.2 Å². The van der Waals surface area contributed by atoms with Crippen LogP contribution in [0.1, 0.15) is 5.56 Å². The highest BCUT2D eigenvalue weighted by atomic mass is 35.5. The molecule has 0 aliphatic carbocycles. The minimum absolute atomic E-state index is 0.0137. The van der Waals surface area contributed by atoms with Crippen molar-refractivity contribution in [3.05, 3.63) is 93.4 Å². The monoisotopic (exact) mass is 492 g/mol. The Hall–Kier alpha value is -2.51. The van der Waals surface area contributed by atoms with Gasteiger partial charge in [-0.3, -0.25) is 0 Å².